The first-order valence-corrected chi connectivity index (χ1v) is 6.40. The molecule has 0 aliphatic carbocycles. The van der Waals surface area contributed by atoms with Crippen LogP contribution in [0.5, 0.6) is 0 Å². The molecule has 1 rings (SSSR count). The van der Waals surface area contributed by atoms with E-state index in [4.69, 9.17) is 0 Å². The van der Waals surface area contributed by atoms with E-state index in [0.29, 0.717) is 0 Å². The normalized spacial score (nSPS) is 10.6. The minimum absolute atomic E-state index is 1.01. The molecule has 0 radical (unpaired) electrons. The molecule has 0 fully saturated rings. The molecule has 1 aromatic heterocycles. The Morgan fingerprint density at radius 1 is 1.21 bits per heavy atom. The number of nitrogens with zero attached hydrogens (tertiary/aromatic N) is 2. The fraction of sp³-hybridized carbons (Fsp3) is 0.800. The summed E-state index contributed by atoms with van der Waals surface area (Å²) in [5.74, 6) is 1.17. The van der Waals surface area contributed by atoms with E-state index in [1.807, 2.05) is 0 Å². The molecule has 0 aromatic carbocycles. The van der Waals surface area contributed by atoms with Crippen molar-refractivity contribution >= 4 is 11.8 Å². The Morgan fingerprint density at radius 3 is 2.71 bits per heavy atom. The molecular weight excluding hydrogens is 194 g/mol. The van der Waals surface area contributed by atoms with E-state index in [1.165, 1.54) is 44.3 Å². The van der Waals surface area contributed by atoms with Gasteiger partial charge in [0.2, 0.25) is 0 Å². The molecule has 80 valence electrons. The van der Waals surface area contributed by atoms with Gasteiger partial charge in [-0.2, -0.15) is 10.3 Å². The number of aromatic nitrogens is 3. The average Bonchev–Trinajstić information content (AvgIpc) is 2.69. The first-order chi connectivity index (χ1) is 6.93. The Labute approximate surface area is 90.1 Å². The van der Waals surface area contributed by atoms with E-state index >= 15 is 0 Å². The maximum atomic E-state index is 3.99. The standard InChI is InChI=1S/C10H19N3S/c1-2-3-4-5-6-7-8-14-10-9-11-13-12-10/h9H,2-8H2,1H3,(H,11,12,13). The van der Waals surface area contributed by atoms with Crippen LogP contribution >= 0.6 is 11.8 Å². The monoisotopic (exact) mass is 213 g/mol. The second-order valence-electron chi connectivity index (χ2n) is 3.42. The maximum absolute atomic E-state index is 3.99. The van der Waals surface area contributed by atoms with Gasteiger partial charge in [0.05, 0.1) is 6.20 Å². The topological polar surface area (TPSA) is 41.6 Å². The summed E-state index contributed by atoms with van der Waals surface area (Å²) < 4.78 is 0. The van der Waals surface area contributed by atoms with Crippen molar-refractivity contribution in [2.45, 2.75) is 50.5 Å². The molecular formula is C10H19N3S. The fourth-order valence-corrected chi connectivity index (χ4v) is 2.11. The van der Waals surface area contributed by atoms with Crippen LogP contribution in [0.4, 0.5) is 0 Å². The summed E-state index contributed by atoms with van der Waals surface area (Å²) in [7, 11) is 0. The SMILES string of the molecule is CCCCCCCCSc1cn[nH]n1. The number of hydrogen-bond donors (Lipinski definition) is 1. The predicted octanol–water partition coefficient (Wildman–Crippen LogP) is 3.26. The fourth-order valence-electron chi connectivity index (χ4n) is 1.32. The Bertz CT molecular complexity index is 211. The Kier molecular flexibility index (Phi) is 6.49. The van der Waals surface area contributed by atoms with Gasteiger partial charge in [0.1, 0.15) is 5.03 Å². The summed E-state index contributed by atoms with van der Waals surface area (Å²) in [5.41, 5.74) is 0. The molecule has 0 unspecified atom stereocenters. The van der Waals surface area contributed by atoms with Crippen molar-refractivity contribution in [3.8, 4) is 0 Å². The van der Waals surface area contributed by atoms with Crippen molar-refractivity contribution in [3.63, 3.8) is 0 Å². The van der Waals surface area contributed by atoms with Crippen LogP contribution in [0.3, 0.4) is 0 Å². The third kappa shape index (κ3) is 5.27. The van der Waals surface area contributed by atoms with Crippen molar-refractivity contribution in [3.05, 3.63) is 6.20 Å². The van der Waals surface area contributed by atoms with E-state index < -0.39 is 0 Å². The molecule has 0 saturated heterocycles. The molecule has 1 heterocycles. The Balaban J connectivity index is 1.85. The van der Waals surface area contributed by atoms with Crippen molar-refractivity contribution in [2.24, 2.45) is 0 Å². The van der Waals surface area contributed by atoms with E-state index in [9.17, 15) is 0 Å². The summed E-state index contributed by atoms with van der Waals surface area (Å²) in [6, 6.07) is 0. The van der Waals surface area contributed by atoms with Gasteiger partial charge < -0.3 is 0 Å². The van der Waals surface area contributed by atoms with Gasteiger partial charge >= 0.3 is 0 Å². The lowest BCUT2D eigenvalue weighted by Crippen LogP contribution is -1.82. The first-order valence-electron chi connectivity index (χ1n) is 5.42. The van der Waals surface area contributed by atoms with Gasteiger partial charge in [-0.3, -0.25) is 0 Å². The van der Waals surface area contributed by atoms with Crippen molar-refractivity contribution in [1.29, 1.82) is 0 Å². The molecule has 0 bridgehead atoms. The van der Waals surface area contributed by atoms with Gasteiger partial charge in [-0.25, -0.2) is 0 Å². The van der Waals surface area contributed by atoms with Crippen LogP contribution in [-0.4, -0.2) is 21.2 Å². The highest BCUT2D eigenvalue weighted by Gasteiger charge is 1.96. The number of aromatic amines is 1. The molecule has 1 aromatic rings. The van der Waals surface area contributed by atoms with E-state index in [0.717, 1.165) is 5.03 Å². The van der Waals surface area contributed by atoms with E-state index in [-0.39, 0.29) is 0 Å². The molecule has 0 aliphatic rings. The summed E-state index contributed by atoms with van der Waals surface area (Å²) >= 11 is 1.79. The third-order valence-corrected chi connectivity index (χ3v) is 3.13. The highest BCUT2D eigenvalue weighted by Crippen LogP contribution is 2.15. The molecule has 3 nitrogen and oxygen atoms in total. The van der Waals surface area contributed by atoms with Gasteiger partial charge in [-0.05, 0) is 12.2 Å². The minimum Gasteiger partial charge on any atom is -0.197 e. The lowest BCUT2D eigenvalue weighted by atomic mass is 10.1. The number of nitrogens with one attached hydrogen (secondary N) is 1. The molecule has 4 heteroatoms. The van der Waals surface area contributed by atoms with Gasteiger partial charge in [0.25, 0.3) is 0 Å². The van der Waals surface area contributed by atoms with Gasteiger partial charge in [0, 0.05) is 0 Å². The quantitative estimate of drug-likeness (QED) is 0.532. The second-order valence-corrected chi connectivity index (χ2v) is 4.54. The van der Waals surface area contributed by atoms with Crippen LogP contribution < -0.4 is 0 Å². The number of hydrogen-bond acceptors (Lipinski definition) is 3. The molecule has 14 heavy (non-hydrogen) atoms. The molecule has 1 N–H and O–H groups in total. The number of rotatable bonds is 8. The summed E-state index contributed by atoms with van der Waals surface area (Å²) in [4.78, 5) is 0. The van der Waals surface area contributed by atoms with E-state index in [2.05, 4.69) is 22.3 Å². The minimum atomic E-state index is 1.01. The van der Waals surface area contributed by atoms with Crippen LogP contribution in [0.25, 0.3) is 0 Å². The zero-order valence-corrected chi connectivity index (χ0v) is 9.65. The first kappa shape index (κ1) is 11.6. The number of thioether (sulfide) groups is 1. The van der Waals surface area contributed by atoms with Gasteiger partial charge in [0.15, 0.2) is 0 Å². The summed E-state index contributed by atoms with van der Waals surface area (Å²) in [6.45, 7) is 2.25. The molecule has 0 saturated carbocycles. The van der Waals surface area contributed by atoms with E-state index in [1.54, 1.807) is 18.0 Å². The zero-order chi connectivity index (χ0) is 10.1. The van der Waals surface area contributed by atoms with Crippen LogP contribution in [-0.2, 0) is 0 Å². The van der Waals surface area contributed by atoms with Crippen molar-refractivity contribution < 1.29 is 0 Å². The van der Waals surface area contributed by atoms with Gasteiger partial charge in [-0.1, -0.05) is 39.0 Å². The Morgan fingerprint density at radius 2 is 2.00 bits per heavy atom. The average molecular weight is 213 g/mol. The Hall–Kier alpha value is -0.510. The van der Waals surface area contributed by atoms with Crippen molar-refractivity contribution in [2.75, 3.05) is 5.75 Å². The molecule has 0 spiro atoms. The number of unbranched alkanes of at least 4 members (excludes halogenated alkanes) is 5. The lowest BCUT2D eigenvalue weighted by Gasteiger charge is -1.98. The second kappa shape index (κ2) is 7.85. The zero-order valence-electron chi connectivity index (χ0n) is 8.83. The molecule has 0 amide bonds. The molecule has 0 aliphatic heterocycles. The molecule has 0 atom stereocenters. The lowest BCUT2D eigenvalue weighted by molar-refractivity contribution is 0.627. The van der Waals surface area contributed by atoms with Gasteiger partial charge in [-0.15, -0.1) is 16.9 Å². The third-order valence-electron chi connectivity index (χ3n) is 2.14. The van der Waals surface area contributed by atoms with Crippen LogP contribution in [0, 0.1) is 0 Å². The predicted molar refractivity (Wildman–Crippen MR) is 60.5 cm³/mol. The summed E-state index contributed by atoms with van der Waals surface area (Å²) in [5, 5.41) is 11.4. The number of H-pyrrole nitrogens is 1. The summed E-state index contributed by atoms with van der Waals surface area (Å²) in [6.07, 6.45) is 9.91. The van der Waals surface area contributed by atoms with Crippen molar-refractivity contribution in [1.82, 2.24) is 15.4 Å². The van der Waals surface area contributed by atoms with Crippen LogP contribution in [0.2, 0.25) is 0 Å². The van der Waals surface area contributed by atoms with Crippen LogP contribution in [0.15, 0.2) is 11.2 Å². The maximum Gasteiger partial charge on any atom is 0.138 e. The largest absolute Gasteiger partial charge is 0.197 e. The smallest absolute Gasteiger partial charge is 0.138 e. The highest BCUT2D eigenvalue weighted by molar-refractivity contribution is 7.99. The van der Waals surface area contributed by atoms with Crippen LogP contribution in [0.1, 0.15) is 45.4 Å². The highest BCUT2D eigenvalue weighted by atomic mass is 32.2.